The van der Waals surface area contributed by atoms with E-state index in [9.17, 15) is 4.79 Å². The van der Waals surface area contributed by atoms with Gasteiger partial charge in [0.25, 0.3) is 0 Å². The van der Waals surface area contributed by atoms with E-state index in [1.54, 1.807) is 17.4 Å². The Balaban J connectivity index is 1.58. The summed E-state index contributed by atoms with van der Waals surface area (Å²) in [7, 11) is 0. The van der Waals surface area contributed by atoms with Crippen LogP contribution in [0.1, 0.15) is 24.1 Å². The van der Waals surface area contributed by atoms with Crippen LogP contribution in [0.25, 0.3) is 6.08 Å². The lowest BCUT2D eigenvalue weighted by atomic mass is 9.85. The second-order valence-corrected chi connectivity index (χ2v) is 6.36. The molecular formula is C15H20N2OS. The van der Waals surface area contributed by atoms with Crippen LogP contribution in [0.15, 0.2) is 23.6 Å². The highest BCUT2D eigenvalue weighted by Gasteiger charge is 2.32. The lowest BCUT2D eigenvalue weighted by Gasteiger charge is -2.41. The first-order valence-electron chi connectivity index (χ1n) is 7.07. The van der Waals surface area contributed by atoms with Gasteiger partial charge in [0.1, 0.15) is 0 Å². The maximum absolute atomic E-state index is 12.2. The van der Waals surface area contributed by atoms with Crippen LogP contribution in [0.5, 0.6) is 0 Å². The molecule has 3 heterocycles. The van der Waals surface area contributed by atoms with Crippen molar-refractivity contribution in [1.29, 1.82) is 0 Å². The van der Waals surface area contributed by atoms with Crippen LogP contribution in [0.4, 0.5) is 0 Å². The highest BCUT2D eigenvalue weighted by Crippen LogP contribution is 2.25. The Kier molecular flexibility index (Phi) is 3.99. The Bertz CT molecular complexity index is 455. The van der Waals surface area contributed by atoms with Gasteiger partial charge in [-0.1, -0.05) is 6.07 Å². The van der Waals surface area contributed by atoms with Gasteiger partial charge in [0.15, 0.2) is 0 Å². The Morgan fingerprint density at radius 3 is 3.26 bits per heavy atom. The van der Waals surface area contributed by atoms with Crippen molar-refractivity contribution in [2.75, 3.05) is 19.6 Å². The van der Waals surface area contributed by atoms with Crippen LogP contribution in [-0.2, 0) is 4.79 Å². The van der Waals surface area contributed by atoms with Crippen LogP contribution in [0.3, 0.4) is 0 Å². The number of hydrogen-bond acceptors (Lipinski definition) is 3. The maximum Gasteiger partial charge on any atom is 0.246 e. The van der Waals surface area contributed by atoms with Crippen molar-refractivity contribution < 1.29 is 4.79 Å². The quantitative estimate of drug-likeness (QED) is 0.841. The van der Waals surface area contributed by atoms with Gasteiger partial charge in [0.2, 0.25) is 5.91 Å². The van der Waals surface area contributed by atoms with E-state index >= 15 is 0 Å². The number of likely N-dealkylation sites (tertiary alicyclic amines) is 1. The number of amides is 1. The second-order valence-electron chi connectivity index (χ2n) is 5.38. The van der Waals surface area contributed by atoms with E-state index in [4.69, 9.17) is 0 Å². The van der Waals surface area contributed by atoms with Crippen LogP contribution >= 0.6 is 11.3 Å². The first kappa shape index (κ1) is 12.9. The second kappa shape index (κ2) is 5.88. The number of nitrogens with zero attached hydrogens (tertiary/aromatic N) is 1. The standard InChI is InChI=1S/C15H20N2OS/c18-15(6-5-13-4-2-10-19-13)17-9-7-14-12(11-17)3-1-8-16-14/h2,4-6,10,12,14,16H,1,3,7-9,11H2/t12-,14-/m1/s1. The number of rotatable bonds is 2. The number of hydrogen-bond donors (Lipinski definition) is 1. The van der Waals surface area contributed by atoms with E-state index in [1.807, 2.05) is 28.5 Å². The summed E-state index contributed by atoms with van der Waals surface area (Å²) in [6.45, 7) is 2.96. The molecule has 0 aliphatic carbocycles. The zero-order chi connectivity index (χ0) is 13.1. The molecule has 3 nitrogen and oxygen atoms in total. The van der Waals surface area contributed by atoms with E-state index in [1.165, 1.54) is 12.8 Å². The molecule has 0 aromatic carbocycles. The van der Waals surface area contributed by atoms with E-state index in [-0.39, 0.29) is 5.91 Å². The highest BCUT2D eigenvalue weighted by molar-refractivity contribution is 7.10. The van der Waals surface area contributed by atoms with Crippen molar-refractivity contribution in [1.82, 2.24) is 10.2 Å². The van der Waals surface area contributed by atoms with E-state index in [0.717, 1.165) is 30.9 Å². The zero-order valence-corrected chi connectivity index (χ0v) is 11.9. The molecule has 1 N–H and O–H groups in total. The average Bonchev–Trinajstić information content (AvgIpc) is 2.97. The molecule has 0 saturated carbocycles. The summed E-state index contributed by atoms with van der Waals surface area (Å²) in [6, 6.07) is 4.68. The Morgan fingerprint density at radius 1 is 1.47 bits per heavy atom. The number of thiophene rings is 1. The predicted molar refractivity (Wildman–Crippen MR) is 79.1 cm³/mol. The predicted octanol–water partition coefficient (Wildman–Crippen LogP) is 2.36. The number of fused-ring (bicyclic) bond motifs is 1. The molecule has 3 rings (SSSR count). The summed E-state index contributed by atoms with van der Waals surface area (Å²) in [5.41, 5.74) is 0. The molecule has 2 aliphatic rings. The fourth-order valence-corrected chi connectivity index (χ4v) is 3.71. The van der Waals surface area contributed by atoms with Crippen LogP contribution in [-0.4, -0.2) is 36.5 Å². The van der Waals surface area contributed by atoms with Gasteiger partial charge >= 0.3 is 0 Å². The Hall–Kier alpha value is -1.13. The van der Waals surface area contributed by atoms with Gasteiger partial charge < -0.3 is 10.2 Å². The summed E-state index contributed by atoms with van der Waals surface area (Å²) < 4.78 is 0. The molecule has 2 aliphatic heterocycles. The third-order valence-electron chi connectivity index (χ3n) is 4.14. The van der Waals surface area contributed by atoms with E-state index in [2.05, 4.69) is 5.32 Å². The molecule has 2 atom stereocenters. The summed E-state index contributed by atoms with van der Waals surface area (Å²) in [4.78, 5) is 15.3. The summed E-state index contributed by atoms with van der Waals surface area (Å²) >= 11 is 1.66. The third kappa shape index (κ3) is 3.07. The Morgan fingerprint density at radius 2 is 2.42 bits per heavy atom. The topological polar surface area (TPSA) is 32.3 Å². The molecule has 1 aromatic heterocycles. The van der Waals surface area contributed by atoms with Gasteiger partial charge in [-0.05, 0) is 49.2 Å². The first-order valence-corrected chi connectivity index (χ1v) is 7.95. The lowest BCUT2D eigenvalue weighted by Crippen LogP contribution is -2.53. The largest absolute Gasteiger partial charge is 0.339 e. The van der Waals surface area contributed by atoms with Crippen molar-refractivity contribution in [3.8, 4) is 0 Å². The van der Waals surface area contributed by atoms with Crippen molar-refractivity contribution in [2.24, 2.45) is 5.92 Å². The van der Waals surface area contributed by atoms with E-state index < -0.39 is 0 Å². The van der Waals surface area contributed by atoms with Gasteiger partial charge in [-0.25, -0.2) is 0 Å². The summed E-state index contributed by atoms with van der Waals surface area (Å²) in [5.74, 6) is 0.819. The van der Waals surface area contributed by atoms with Gasteiger partial charge in [-0.15, -0.1) is 11.3 Å². The molecule has 1 amide bonds. The molecule has 2 fully saturated rings. The van der Waals surface area contributed by atoms with Crippen molar-refractivity contribution in [3.63, 3.8) is 0 Å². The summed E-state index contributed by atoms with van der Waals surface area (Å²) in [5, 5.41) is 5.61. The molecule has 0 unspecified atom stereocenters. The number of carbonyl (C=O) groups excluding carboxylic acids is 1. The summed E-state index contributed by atoms with van der Waals surface area (Å²) in [6.07, 6.45) is 7.26. The SMILES string of the molecule is O=C(C=Cc1cccs1)N1CC[C@H]2NCCC[C@@H]2C1. The zero-order valence-electron chi connectivity index (χ0n) is 11.0. The molecule has 4 heteroatoms. The monoisotopic (exact) mass is 276 g/mol. The molecule has 2 saturated heterocycles. The van der Waals surface area contributed by atoms with Crippen molar-refractivity contribution >= 4 is 23.3 Å². The molecule has 0 radical (unpaired) electrons. The van der Waals surface area contributed by atoms with Crippen LogP contribution in [0.2, 0.25) is 0 Å². The smallest absolute Gasteiger partial charge is 0.246 e. The molecule has 0 bridgehead atoms. The average molecular weight is 276 g/mol. The minimum absolute atomic E-state index is 0.164. The minimum Gasteiger partial charge on any atom is -0.339 e. The maximum atomic E-state index is 12.2. The van der Waals surface area contributed by atoms with Crippen molar-refractivity contribution in [2.45, 2.75) is 25.3 Å². The van der Waals surface area contributed by atoms with Gasteiger partial charge in [-0.3, -0.25) is 4.79 Å². The fourth-order valence-electron chi connectivity index (χ4n) is 3.09. The van der Waals surface area contributed by atoms with Gasteiger partial charge in [0, 0.05) is 30.1 Å². The number of nitrogens with one attached hydrogen (secondary N) is 1. The molecular weight excluding hydrogens is 256 g/mol. The molecule has 1 aromatic rings. The number of piperidine rings is 2. The number of carbonyl (C=O) groups is 1. The fraction of sp³-hybridized carbons (Fsp3) is 0.533. The first-order chi connectivity index (χ1) is 9.33. The highest BCUT2D eigenvalue weighted by atomic mass is 32.1. The molecule has 19 heavy (non-hydrogen) atoms. The van der Waals surface area contributed by atoms with Crippen LogP contribution in [0, 0.1) is 5.92 Å². The minimum atomic E-state index is 0.164. The lowest BCUT2D eigenvalue weighted by molar-refractivity contribution is -0.128. The Labute approximate surface area is 118 Å². The van der Waals surface area contributed by atoms with E-state index in [0.29, 0.717) is 12.0 Å². The van der Waals surface area contributed by atoms with Crippen LogP contribution < -0.4 is 5.32 Å². The van der Waals surface area contributed by atoms with Crippen molar-refractivity contribution in [3.05, 3.63) is 28.5 Å². The normalized spacial score (nSPS) is 27.5. The molecule has 102 valence electrons. The van der Waals surface area contributed by atoms with Gasteiger partial charge in [-0.2, -0.15) is 0 Å². The van der Waals surface area contributed by atoms with Gasteiger partial charge in [0.05, 0.1) is 0 Å². The third-order valence-corrected chi connectivity index (χ3v) is 4.97. The molecule has 0 spiro atoms.